The van der Waals surface area contributed by atoms with Crippen molar-refractivity contribution in [3.05, 3.63) is 37.5 Å². The lowest BCUT2D eigenvalue weighted by Gasteiger charge is -2.03. The molecule has 0 amide bonds. The second-order valence-electron chi connectivity index (χ2n) is 3.10. The van der Waals surface area contributed by atoms with Gasteiger partial charge in [0.25, 0.3) is 5.56 Å². The molecule has 0 fully saturated rings. The van der Waals surface area contributed by atoms with Crippen LogP contribution in [0.3, 0.4) is 0 Å². The van der Waals surface area contributed by atoms with Gasteiger partial charge in [-0.2, -0.15) is 0 Å². The van der Waals surface area contributed by atoms with E-state index in [1.54, 1.807) is 13.1 Å². The highest BCUT2D eigenvalue weighted by molar-refractivity contribution is 9.10. The standard InChI is InChI=1S/C9H6BrFN2OS/c1-13-8(14)5-2-4(10)3-6(11)7(5)12-9(13)15/h2-3H,1H3,(H,12,15). The fourth-order valence-corrected chi connectivity index (χ4v) is 1.95. The number of nitrogens with zero attached hydrogens (tertiary/aromatic N) is 1. The van der Waals surface area contributed by atoms with Gasteiger partial charge in [-0.1, -0.05) is 15.9 Å². The van der Waals surface area contributed by atoms with E-state index < -0.39 is 5.82 Å². The van der Waals surface area contributed by atoms with E-state index in [1.165, 1.54) is 10.6 Å². The van der Waals surface area contributed by atoms with Crippen molar-refractivity contribution in [2.24, 2.45) is 7.05 Å². The monoisotopic (exact) mass is 288 g/mol. The van der Waals surface area contributed by atoms with Gasteiger partial charge in [-0.3, -0.25) is 9.36 Å². The van der Waals surface area contributed by atoms with Gasteiger partial charge in [-0.15, -0.1) is 0 Å². The fourth-order valence-electron chi connectivity index (χ4n) is 1.33. The summed E-state index contributed by atoms with van der Waals surface area (Å²) in [6.45, 7) is 0. The van der Waals surface area contributed by atoms with Crippen molar-refractivity contribution in [3.63, 3.8) is 0 Å². The molecule has 0 bridgehead atoms. The molecular formula is C9H6BrFN2OS. The van der Waals surface area contributed by atoms with Gasteiger partial charge >= 0.3 is 0 Å². The van der Waals surface area contributed by atoms with Crippen LogP contribution in [0.4, 0.5) is 4.39 Å². The van der Waals surface area contributed by atoms with Gasteiger partial charge in [0.05, 0.1) is 10.9 Å². The van der Waals surface area contributed by atoms with Crippen LogP contribution in [0.1, 0.15) is 0 Å². The fraction of sp³-hybridized carbons (Fsp3) is 0.111. The molecular weight excluding hydrogens is 283 g/mol. The predicted octanol–water partition coefficient (Wildman–Crippen LogP) is 2.50. The Balaban J connectivity index is 3.13. The molecule has 0 saturated heterocycles. The van der Waals surface area contributed by atoms with Gasteiger partial charge in [0.1, 0.15) is 5.82 Å². The zero-order chi connectivity index (χ0) is 11.2. The Morgan fingerprint density at radius 2 is 2.20 bits per heavy atom. The molecule has 0 radical (unpaired) electrons. The number of hydrogen-bond acceptors (Lipinski definition) is 2. The number of aromatic amines is 1. The summed E-state index contributed by atoms with van der Waals surface area (Å²) in [6, 6.07) is 2.85. The molecule has 0 aliphatic rings. The van der Waals surface area contributed by atoms with Crippen molar-refractivity contribution in [2.75, 3.05) is 0 Å². The molecule has 1 aromatic carbocycles. The minimum Gasteiger partial charge on any atom is -0.329 e. The summed E-state index contributed by atoms with van der Waals surface area (Å²) in [5.41, 5.74) is -0.166. The van der Waals surface area contributed by atoms with Crippen molar-refractivity contribution < 1.29 is 4.39 Å². The van der Waals surface area contributed by atoms with Crippen LogP contribution in [0.2, 0.25) is 0 Å². The average Bonchev–Trinajstić information content (AvgIpc) is 2.17. The summed E-state index contributed by atoms with van der Waals surface area (Å²) in [5.74, 6) is -0.497. The summed E-state index contributed by atoms with van der Waals surface area (Å²) < 4.78 is 15.5. The molecule has 6 heteroatoms. The maximum atomic E-state index is 13.5. The summed E-state index contributed by atoms with van der Waals surface area (Å²) >= 11 is 8.02. The van der Waals surface area contributed by atoms with Crippen molar-refractivity contribution in [2.45, 2.75) is 0 Å². The maximum Gasteiger partial charge on any atom is 0.262 e. The normalized spacial score (nSPS) is 10.9. The third-order valence-corrected chi connectivity index (χ3v) is 2.96. The third kappa shape index (κ3) is 1.63. The number of H-pyrrole nitrogens is 1. The van der Waals surface area contributed by atoms with E-state index in [2.05, 4.69) is 20.9 Å². The smallest absolute Gasteiger partial charge is 0.262 e. The summed E-state index contributed by atoms with van der Waals surface area (Å²) in [4.78, 5) is 14.4. The Bertz CT molecular complexity index is 661. The Kier molecular flexibility index (Phi) is 2.47. The van der Waals surface area contributed by atoms with E-state index in [9.17, 15) is 9.18 Å². The lowest BCUT2D eigenvalue weighted by atomic mass is 10.2. The van der Waals surface area contributed by atoms with E-state index in [0.717, 1.165) is 0 Å². The largest absolute Gasteiger partial charge is 0.329 e. The number of hydrogen-bond donors (Lipinski definition) is 1. The first-order chi connectivity index (χ1) is 7.00. The van der Waals surface area contributed by atoms with Gasteiger partial charge in [-0.05, 0) is 24.4 Å². The molecule has 0 spiro atoms. The molecule has 2 aromatic rings. The number of aromatic nitrogens is 2. The molecule has 2 rings (SSSR count). The molecule has 1 heterocycles. The number of halogens is 2. The average molecular weight is 289 g/mol. The van der Waals surface area contributed by atoms with Crippen LogP contribution in [0.25, 0.3) is 10.9 Å². The zero-order valence-electron chi connectivity index (χ0n) is 7.67. The zero-order valence-corrected chi connectivity index (χ0v) is 10.1. The first-order valence-corrected chi connectivity index (χ1v) is 5.29. The predicted molar refractivity (Wildman–Crippen MR) is 62.0 cm³/mol. The number of nitrogens with one attached hydrogen (secondary N) is 1. The SMILES string of the molecule is Cn1c(=S)[nH]c2c(F)cc(Br)cc2c1=O. The number of rotatable bonds is 0. The van der Waals surface area contributed by atoms with Crippen molar-refractivity contribution in [1.82, 2.24) is 9.55 Å². The Morgan fingerprint density at radius 3 is 2.87 bits per heavy atom. The molecule has 1 aromatic heterocycles. The Hall–Kier alpha value is -1.01. The molecule has 0 unspecified atom stereocenters. The molecule has 3 nitrogen and oxygen atoms in total. The Morgan fingerprint density at radius 1 is 1.53 bits per heavy atom. The van der Waals surface area contributed by atoms with Crippen molar-refractivity contribution >= 4 is 39.1 Å². The molecule has 0 aliphatic carbocycles. The molecule has 15 heavy (non-hydrogen) atoms. The van der Waals surface area contributed by atoms with E-state index >= 15 is 0 Å². The van der Waals surface area contributed by atoms with Gasteiger partial charge in [-0.25, -0.2) is 4.39 Å². The highest BCUT2D eigenvalue weighted by Gasteiger charge is 2.08. The molecule has 1 N–H and O–H groups in total. The Labute approximate surface area is 97.7 Å². The second-order valence-corrected chi connectivity index (χ2v) is 4.41. The molecule has 0 atom stereocenters. The van der Waals surface area contributed by atoms with E-state index in [4.69, 9.17) is 12.2 Å². The molecule has 0 saturated carbocycles. The topological polar surface area (TPSA) is 37.8 Å². The van der Waals surface area contributed by atoms with Crippen LogP contribution in [-0.4, -0.2) is 9.55 Å². The van der Waals surface area contributed by atoms with Crippen molar-refractivity contribution in [3.8, 4) is 0 Å². The molecule has 78 valence electrons. The summed E-state index contributed by atoms with van der Waals surface area (Å²) in [7, 11) is 1.54. The van der Waals surface area contributed by atoms with Crippen LogP contribution in [-0.2, 0) is 7.05 Å². The van der Waals surface area contributed by atoms with Gasteiger partial charge < -0.3 is 4.98 Å². The van der Waals surface area contributed by atoms with Gasteiger partial charge in [0.2, 0.25) is 0 Å². The highest BCUT2D eigenvalue weighted by atomic mass is 79.9. The van der Waals surface area contributed by atoms with Crippen LogP contribution in [0.5, 0.6) is 0 Å². The van der Waals surface area contributed by atoms with E-state index in [0.29, 0.717) is 4.47 Å². The van der Waals surface area contributed by atoms with Crippen LogP contribution >= 0.6 is 28.1 Å². The number of fused-ring (bicyclic) bond motifs is 1. The quantitative estimate of drug-likeness (QED) is 0.757. The minimum absolute atomic E-state index is 0.145. The van der Waals surface area contributed by atoms with Gasteiger partial charge in [0.15, 0.2) is 4.77 Å². The van der Waals surface area contributed by atoms with Crippen LogP contribution in [0.15, 0.2) is 21.4 Å². The first-order valence-electron chi connectivity index (χ1n) is 4.09. The maximum absolute atomic E-state index is 13.5. The van der Waals surface area contributed by atoms with E-state index in [1.807, 2.05) is 0 Å². The van der Waals surface area contributed by atoms with Gasteiger partial charge in [0, 0.05) is 11.5 Å². The minimum atomic E-state index is -0.497. The number of benzene rings is 1. The third-order valence-electron chi connectivity index (χ3n) is 2.13. The first kappa shape index (κ1) is 10.5. The second kappa shape index (κ2) is 3.53. The van der Waals surface area contributed by atoms with Crippen LogP contribution in [0, 0.1) is 10.6 Å². The molecule has 0 aliphatic heterocycles. The summed E-state index contributed by atoms with van der Waals surface area (Å²) in [5, 5.41) is 0.276. The lowest BCUT2D eigenvalue weighted by molar-refractivity contribution is 0.634. The highest BCUT2D eigenvalue weighted by Crippen LogP contribution is 2.18. The van der Waals surface area contributed by atoms with Crippen molar-refractivity contribution in [1.29, 1.82) is 0 Å². The lowest BCUT2D eigenvalue weighted by Crippen LogP contribution is -2.19. The van der Waals surface area contributed by atoms with Crippen LogP contribution < -0.4 is 5.56 Å². The summed E-state index contributed by atoms with van der Waals surface area (Å²) in [6.07, 6.45) is 0. The van der Waals surface area contributed by atoms with E-state index in [-0.39, 0.29) is 21.2 Å².